The third kappa shape index (κ3) is 5.66. The highest BCUT2D eigenvalue weighted by molar-refractivity contribution is 8.02. The van der Waals surface area contributed by atoms with E-state index in [9.17, 15) is 19.5 Å². The van der Waals surface area contributed by atoms with Crippen LogP contribution in [-0.2, 0) is 25.7 Å². The molecule has 0 radical (unpaired) electrons. The van der Waals surface area contributed by atoms with Crippen LogP contribution in [0.4, 0.5) is 0 Å². The molecule has 2 unspecified atom stereocenters. The van der Waals surface area contributed by atoms with Crippen LogP contribution in [-0.4, -0.2) is 124 Å². The van der Waals surface area contributed by atoms with Crippen molar-refractivity contribution in [3.63, 3.8) is 0 Å². The summed E-state index contributed by atoms with van der Waals surface area (Å²) in [7, 11) is 0. The number of aliphatic hydroxyl groups excluding tert-OH is 1. The molecular weight excluding hydrogens is 552 g/mol. The van der Waals surface area contributed by atoms with Crippen molar-refractivity contribution in [2.75, 3.05) is 59.1 Å². The number of hydrogen-bond donors (Lipinski definition) is 1. The van der Waals surface area contributed by atoms with Crippen LogP contribution in [0, 0.1) is 11.8 Å². The van der Waals surface area contributed by atoms with Gasteiger partial charge in [0.1, 0.15) is 6.04 Å². The first-order valence-electron chi connectivity index (χ1n) is 15.1. The summed E-state index contributed by atoms with van der Waals surface area (Å²) in [6, 6.07) is 8.55. The quantitative estimate of drug-likeness (QED) is 0.349. The minimum absolute atomic E-state index is 0.0300. The number of amides is 3. The fourth-order valence-corrected chi connectivity index (χ4v) is 9.52. The summed E-state index contributed by atoms with van der Waals surface area (Å²) in [5.41, 5.74) is 1.01. The van der Waals surface area contributed by atoms with Crippen LogP contribution in [0.25, 0.3) is 0 Å². The van der Waals surface area contributed by atoms with Gasteiger partial charge in [-0.3, -0.25) is 19.3 Å². The van der Waals surface area contributed by atoms with Crippen LogP contribution in [0.5, 0.6) is 0 Å². The summed E-state index contributed by atoms with van der Waals surface area (Å²) in [5.74, 6) is -1.49. The van der Waals surface area contributed by atoms with E-state index in [2.05, 4.69) is 18.1 Å². The van der Waals surface area contributed by atoms with Gasteiger partial charge in [0.2, 0.25) is 17.7 Å². The second-order valence-corrected chi connectivity index (χ2v) is 13.5. The predicted octanol–water partition coefficient (Wildman–Crippen LogP) is 2.02. The summed E-state index contributed by atoms with van der Waals surface area (Å²) in [6.45, 7) is 14.7. The van der Waals surface area contributed by atoms with Gasteiger partial charge in [-0.1, -0.05) is 42.5 Å². The molecule has 1 aromatic carbocycles. The highest BCUT2D eigenvalue weighted by Crippen LogP contribution is 2.67. The number of hydrogen-bond acceptors (Lipinski definition) is 7. The van der Waals surface area contributed by atoms with Crippen LogP contribution in [0.2, 0.25) is 0 Å². The minimum atomic E-state index is -0.739. The molecule has 10 heteroatoms. The Morgan fingerprint density at radius 1 is 1.14 bits per heavy atom. The molecule has 6 atom stereocenters. The van der Waals surface area contributed by atoms with E-state index in [1.807, 2.05) is 30.3 Å². The molecule has 2 bridgehead atoms. The Morgan fingerprint density at radius 3 is 2.50 bits per heavy atom. The van der Waals surface area contributed by atoms with Crippen molar-refractivity contribution in [2.45, 2.75) is 48.4 Å². The Balaban J connectivity index is 1.44. The zero-order valence-electron chi connectivity index (χ0n) is 24.6. The molecular formula is C32H44N4O5S. The first kappa shape index (κ1) is 30.8. The molecule has 5 rings (SSSR count). The molecule has 4 saturated heterocycles. The Labute approximate surface area is 253 Å². The lowest BCUT2D eigenvalue weighted by Gasteiger charge is -2.39. The number of ether oxygens (including phenoxy) is 1. The lowest BCUT2D eigenvalue weighted by Crippen LogP contribution is -2.58. The lowest BCUT2D eigenvalue weighted by molar-refractivity contribution is -0.147. The van der Waals surface area contributed by atoms with Gasteiger partial charge in [-0.25, -0.2) is 0 Å². The van der Waals surface area contributed by atoms with E-state index in [0.717, 1.165) is 25.1 Å². The van der Waals surface area contributed by atoms with E-state index >= 15 is 0 Å². The van der Waals surface area contributed by atoms with E-state index < -0.39 is 28.7 Å². The number of fused-ring (bicyclic) bond motifs is 1. The van der Waals surface area contributed by atoms with Gasteiger partial charge in [-0.15, -0.1) is 24.9 Å². The van der Waals surface area contributed by atoms with E-state index in [1.165, 1.54) is 0 Å². The molecule has 42 heavy (non-hydrogen) atoms. The normalized spacial score (nSPS) is 29.3. The summed E-state index contributed by atoms with van der Waals surface area (Å²) >= 11 is 1.66. The van der Waals surface area contributed by atoms with Crippen LogP contribution in [0.3, 0.4) is 0 Å². The molecule has 4 aliphatic heterocycles. The Kier molecular flexibility index (Phi) is 9.77. The summed E-state index contributed by atoms with van der Waals surface area (Å²) < 4.78 is 4.78. The number of carbonyl (C=O) groups excluding carboxylic acids is 3. The van der Waals surface area contributed by atoms with E-state index in [1.54, 1.807) is 45.5 Å². The number of rotatable bonds is 13. The molecule has 0 aromatic heterocycles. The maximum atomic E-state index is 14.5. The minimum Gasteiger partial charge on any atom is -0.394 e. The van der Waals surface area contributed by atoms with E-state index in [-0.39, 0.29) is 29.6 Å². The van der Waals surface area contributed by atoms with Crippen molar-refractivity contribution in [1.29, 1.82) is 0 Å². The van der Waals surface area contributed by atoms with Crippen LogP contribution < -0.4 is 0 Å². The van der Waals surface area contributed by atoms with Gasteiger partial charge in [0.25, 0.3) is 0 Å². The number of morpholine rings is 1. The zero-order valence-corrected chi connectivity index (χ0v) is 25.4. The van der Waals surface area contributed by atoms with Crippen LogP contribution >= 0.6 is 11.8 Å². The fourth-order valence-electron chi connectivity index (χ4n) is 7.32. The van der Waals surface area contributed by atoms with Crippen molar-refractivity contribution in [1.82, 2.24) is 19.6 Å². The van der Waals surface area contributed by atoms with Crippen LogP contribution in [0.1, 0.15) is 25.3 Å². The molecule has 1 aromatic rings. The second kappa shape index (κ2) is 13.3. The number of carbonyl (C=O) groups is 3. The van der Waals surface area contributed by atoms with Crippen LogP contribution in [0.15, 0.2) is 55.6 Å². The molecule has 9 nitrogen and oxygen atoms in total. The molecule has 0 saturated carbocycles. The summed E-state index contributed by atoms with van der Waals surface area (Å²) in [4.78, 5) is 50.6. The van der Waals surface area contributed by atoms with Gasteiger partial charge < -0.3 is 24.5 Å². The first-order valence-corrected chi connectivity index (χ1v) is 16.0. The maximum absolute atomic E-state index is 14.5. The van der Waals surface area contributed by atoms with Gasteiger partial charge in [0, 0.05) is 51.1 Å². The Bertz CT molecular complexity index is 1160. The summed E-state index contributed by atoms with van der Waals surface area (Å²) in [6.07, 6.45) is 4.92. The fraction of sp³-hybridized carbons (Fsp3) is 0.594. The third-order valence-corrected chi connectivity index (χ3v) is 11.3. The smallest absolute Gasteiger partial charge is 0.247 e. The number of nitrogens with zero attached hydrogens (tertiary/aromatic N) is 4. The zero-order chi connectivity index (χ0) is 29.9. The molecule has 4 fully saturated rings. The SMILES string of the molecule is C=CCN(CCN1CCOCC1)C(=O)C1N([C@H](C)CO)C(=O)[C@@H]2[C@@H](C(=O)N(CC=C)Cc3ccccc3)[C@H]3CCC12S3. The van der Waals surface area contributed by atoms with E-state index in [4.69, 9.17) is 4.74 Å². The molecule has 1 spiro atoms. The van der Waals surface area contributed by atoms with Crippen molar-refractivity contribution < 1.29 is 24.2 Å². The highest BCUT2D eigenvalue weighted by atomic mass is 32.2. The van der Waals surface area contributed by atoms with Crippen molar-refractivity contribution in [2.24, 2.45) is 11.8 Å². The highest BCUT2D eigenvalue weighted by Gasteiger charge is 2.74. The van der Waals surface area contributed by atoms with Gasteiger partial charge in [-0.05, 0) is 25.3 Å². The standard InChI is InChI=1S/C32H44N4O5S/c1-4-13-34(16-15-33-17-19-41-20-18-33)31(40)28-32-12-11-25(42-32)26(27(32)30(39)36(28)23(3)22-37)29(38)35(14-5-2)21-24-9-7-6-8-10-24/h4-10,23,25-28,37H,1-2,11-22H2,3H3/t23-,25-,26+,27+,28?,32?/m1/s1. The third-order valence-electron chi connectivity index (χ3n) is 9.32. The first-order chi connectivity index (χ1) is 20.4. The number of likely N-dealkylation sites (tertiary alicyclic amines) is 1. The lowest BCUT2D eigenvalue weighted by atomic mass is 9.70. The largest absolute Gasteiger partial charge is 0.394 e. The number of benzene rings is 1. The monoisotopic (exact) mass is 596 g/mol. The van der Waals surface area contributed by atoms with Gasteiger partial charge in [-0.2, -0.15) is 0 Å². The maximum Gasteiger partial charge on any atom is 0.247 e. The van der Waals surface area contributed by atoms with E-state index in [0.29, 0.717) is 52.4 Å². The second-order valence-electron chi connectivity index (χ2n) is 11.9. The number of thioether (sulfide) groups is 1. The average molecular weight is 597 g/mol. The van der Waals surface area contributed by atoms with Crippen molar-refractivity contribution in [3.8, 4) is 0 Å². The van der Waals surface area contributed by atoms with Gasteiger partial charge in [0.15, 0.2) is 0 Å². The average Bonchev–Trinajstić information content (AvgIpc) is 3.66. The topological polar surface area (TPSA) is 93.6 Å². The van der Waals surface area contributed by atoms with Crippen molar-refractivity contribution in [3.05, 3.63) is 61.2 Å². The van der Waals surface area contributed by atoms with Gasteiger partial charge >= 0.3 is 0 Å². The molecule has 0 aliphatic carbocycles. The van der Waals surface area contributed by atoms with Gasteiger partial charge in [0.05, 0.1) is 42.4 Å². The number of aliphatic hydroxyl groups is 1. The Morgan fingerprint density at radius 2 is 1.83 bits per heavy atom. The molecule has 4 aliphatic rings. The molecule has 1 N–H and O–H groups in total. The molecule has 4 heterocycles. The predicted molar refractivity (Wildman–Crippen MR) is 164 cm³/mol. The van der Waals surface area contributed by atoms with Crippen molar-refractivity contribution >= 4 is 29.5 Å². The molecule has 228 valence electrons. The Hall–Kier alpha value is -2.66. The summed E-state index contributed by atoms with van der Waals surface area (Å²) in [5, 5.41) is 10.2. The molecule has 3 amide bonds.